The Morgan fingerprint density at radius 3 is 2.88 bits per heavy atom. The van der Waals surface area contributed by atoms with Gasteiger partial charge in [0.1, 0.15) is 0 Å². The van der Waals surface area contributed by atoms with Gasteiger partial charge >= 0.3 is 0 Å². The molecule has 0 fully saturated rings. The summed E-state index contributed by atoms with van der Waals surface area (Å²) in [5, 5.41) is 4.21. The summed E-state index contributed by atoms with van der Waals surface area (Å²) in [7, 11) is 1.99. The average molecular weight is 248 g/mol. The van der Waals surface area contributed by atoms with Gasteiger partial charge in [0.15, 0.2) is 0 Å². The molecule has 2 heterocycles. The third-order valence-electron chi connectivity index (χ3n) is 2.63. The Morgan fingerprint density at radius 2 is 2.29 bits per heavy atom. The predicted molar refractivity (Wildman–Crippen MR) is 71.1 cm³/mol. The van der Waals surface area contributed by atoms with Gasteiger partial charge in [0.05, 0.1) is 0 Å². The summed E-state index contributed by atoms with van der Waals surface area (Å²) in [4.78, 5) is 10.8. The molecule has 0 unspecified atom stereocenters. The van der Waals surface area contributed by atoms with E-state index in [1.807, 2.05) is 25.1 Å². The van der Waals surface area contributed by atoms with Crippen LogP contribution in [0.15, 0.2) is 23.0 Å². The first kappa shape index (κ1) is 12.0. The Balaban J connectivity index is 2.14. The molecular formula is C12H16N4S. The van der Waals surface area contributed by atoms with E-state index in [9.17, 15) is 0 Å². The van der Waals surface area contributed by atoms with Crippen molar-refractivity contribution in [2.75, 3.05) is 11.9 Å². The second-order valence-corrected chi connectivity index (χ2v) is 4.75. The van der Waals surface area contributed by atoms with E-state index in [1.54, 1.807) is 11.3 Å². The molecule has 90 valence electrons. The Hall–Kier alpha value is -1.46. The fourth-order valence-electron chi connectivity index (χ4n) is 1.59. The number of hydrogen-bond acceptors (Lipinski definition) is 5. The highest BCUT2D eigenvalue weighted by atomic mass is 32.1. The Bertz CT molecular complexity index is 481. The molecule has 0 amide bonds. The third-order valence-corrected chi connectivity index (χ3v) is 3.36. The lowest BCUT2D eigenvalue weighted by Gasteiger charge is -2.17. The maximum Gasteiger partial charge on any atom is 0.225 e. The van der Waals surface area contributed by atoms with Crippen molar-refractivity contribution in [3.05, 3.63) is 39.8 Å². The van der Waals surface area contributed by atoms with Crippen molar-refractivity contribution in [3.8, 4) is 0 Å². The highest BCUT2D eigenvalue weighted by molar-refractivity contribution is 7.07. The summed E-state index contributed by atoms with van der Waals surface area (Å²) in [5.41, 5.74) is 8.82. The summed E-state index contributed by atoms with van der Waals surface area (Å²) in [5.74, 6) is 0.742. The molecule has 0 aliphatic heterocycles. The molecule has 2 aromatic heterocycles. The first-order valence-electron chi connectivity index (χ1n) is 5.45. The highest BCUT2D eigenvalue weighted by Gasteiger charge is 2.07. The molecule has 0 atom stereocenters. The van der Waals surface area contributed by atoms with Crippen LogP contribution in [0.1, 0.15) is 16.8 Å². The van der Waals surface area contributed by atoms with Crippen LogP contribution >= 0.6 is 11.3 Å². The van der Waals surface area contributed by atoms with Gasteiger partial charge in [-0.15, -0.1) is 0 Å². The predicted octanol–water partition coefficient (Wildman–Crippen LogP) is 1.94. The summed E-state index contributed by atoms with van der Waals surface area (Å²) in [6.45, 7) is 3.27. The molecule has 0 spiro atoms. The minimum absolute atomic E-state index is 0.486. The highest BCUT2D eigenvalue weighted by Crippen LogP contribution is 2.14. The van der Waals surface area contributed by atoms with E-state index in [-0.39, 0.29) is 0 Å². The molecule has 4 nitrogen and oxygen atoms in total. The van der Waals surface area contributed by atoms with Gasteiger partial charge in [-0.2, -0.15) is 11.3 Å². The minimum atomic E-state index is 0.486. The first-order chi connectivity index (χ1) is 8.20. The van der Waals surface area contributed by atoms with E-state index in [4.69, 9.17) is 5.73 Å². The van der Waals surface area contributed by atoms with Crippen molar-refractivity contribution in [1.29, 1.82) is 0 Å². The smallest absolute Gasteiger partial charge is 0.225 e. The normalized spacial score (nSPS) is 10.5. The van der Waals surface area contributed by atoms with E-state index in [2.05, 4.69) is 26.8 Å². The maximum absolute atomic E-state index is 5.59. The molecule has 0 radical (unpaired) electrons. The van der Waals surface area contributed by atoms with E-state index >= 15 is 0 Å². The van der Waals surface area contributed by atoms with Crippen molar-refractivity contribution in [2.24, 2.45) is 5.73 Å². The Labute approximate surface area is 105 Å². The van der Waals surface area contributed by atoms with Crippen LogP contribution in [-0.4, -0.2) is 17.0 Å². The van der Waals surface area contributed by atoms with E-state index < -0.39 is 0 Å². The van der Waals surface area contributed by atoms with Crippen LogP contribution in [0.4, 0.5) is 5.95 Å². The topological polar surface area (TPSA) is 55.0 Å². The van der Waals surface area contributed by atoms with Crippen molar-refractivity contribution >= 4 is 17.3 Å². The molecular weight excluding hydrogens is 232 g/mol. The van der Waals surface area contributed by atoms with Crippen LogP contribution in [-0.2, 0) is 13.1 Å². The molecule has 0 aromatic carbocycles. The number of nitrogens with two attached hydrogens (primary N) is 1. The van der Waals surface area contributed by atoms with Crippen LogP contribution in [0.25, 0.3) is 0 Å². The van der Waals surface area contributed by atoms with Gasteiger partial charge in [-0.1, -0.05) is 0 Å². The Kier molecular flexibility index (Phi) is 3.71. The maximum atomic E-state index is 5.59. The zero-order valence-electron chi connectivity index (χ0n) is 10.1. The van der Waals surface area contributed by atoms with Gasteiger partial charge < -0.3 is 10.6 Å². The summed E-state index contributed by atoms with van der Waals surface area (Å²) in [6.07, 6.45) is 1.81. The number of rotatable bonds is 4. The standard InChI is InChI=1S/C12H16N4S/c1-9-11(5-13)6-14-12(15-9)16(2)7-10-3-4-17-8-10/h3-4,6,8H,5,7,13H2,1-2H3. The van der Waals surface area contributed by atoms with Crippen LogP contribution in [0.3, 0.4) is 0 Å². The summed E-state index contributed by atoms with van der Waals surface area (Å²) in [6, 6.07) is 2.11. The minimum Gasteiger partial charge on any atom is -0.340 e. The largest absolute Gasteiger partial charge is 0.340 e. The average Bonchev–Trinajstić information content (AvgIpc) is 2.81. The fourth-order valence-corrected chi connectivity index (χ4v) is 2.25. The molecule has 5 heteroatoms. The zero-order valence-corrected chi connectivity index (χ0v) is 10.9. The van der Waals surface area contributed by atoms with Gasteiger partial charge in [0, 0.05) is 37.6 Å². The van der Waals surface area contributed by atoms with Crippen molar-refractivity contribution in [1.82, 2.24) is 9.97 Å². The number of nitrogens with zero attached hydrogens (tertiary/aromatic N) is 3. The van der Waals surface area contributed by atoms with Gasteiger partial charge in [0.2, 0.25) is 5.95 Å². The lowest BCUT2D eigenvalue weighted by atomic mass is 10.2. The monoisotopic (exact) mass is 248 g/mol. The fraction of sp³-hybridized carbons (Fsp3) is 0.333. The molecule has 2 N–H and O–H groups in total. The SMILES string of the molecule is Cc1nc(N(C)Cc2ccsc2)ncc1CN. The van der Waals surface area contributed by atoms with Crippen molar-refractivity contribution in [2.45, 2.75) is 20.0 Å². The molecule has 2 aromatic rings. The first-order valence-corrected chi connectivity index (χ1v) is 6.39. The van der Waals surface area contributed by atoms with Crippen LogP contribution < -0.4 is 10.6 Å². The van der Waals surface area contributed by atoms with E-state index in [0.717, 1.165) is 23.8 Å². The molecule has 0 saturated heterocycles. The lowest BCUT2D eigenvalue weighted by molar-refractivity contribution is 0.849. The van der Waals surface area contributed by atoms with Gasteiger partial charge in [-0.25, -0.2) is 9.97 Å². The summed E-state index contributed by atoms with van der Waals surface area (Å²) >= 11 is 1.70. The molecule has 17 heavy (non-hydrogen) atoms. The molecule has 0 bridgehead atoms. The molecule has 0 aliphatic carbocycles. The van der Waals surface area contributed by atoms with Crippen LogP contribution in [0.5, 0.6) is 0 Å². The number of thiophene rings is 1. The molecule has 0 saturated carbocycles. The Morgan fingerprint density at radius 1 is 1.47 bits per heavy atom. The van der Waals surface area contributed by atoms with E-state index in [0.29, 0.717) is 6.54 Å². The molecule has 2 rings (SSSR count). The van der Waals surface area contributed by atoms with Gasteiger partial charge in [-0.05, 0) is 29.3 Å². The zero-order chi connectivity index (χ0) is 12.3. The number of hydrogen-bond donors (Lipinski definition) is 1. The number of aromatic nitrogens is 2. The number of aryl methyl sites for hydroxylation is 1. The van der Waals surface area contributed by atoms with Crippen molar-refractivity contribution < 1.29 is 0 Å². The second-order valence-electron chi connectivity index (χ2n) is 3.97. The quantitative estimate of drug-likeness (QED) is 0.898. The lowest BCUT2D eigenvalue weighted by Crippen LogP contribution is -2.19. The van der Waals surface area contributed by atoms with Crippen LogP contribution in [0, 0.1) is 6.92 Å². The van der Waals surface area contributed by atoms with E-state index in [1.165, 1.54) is 5.56 Å². The van der Waals surface area contributed by atoms with Gasteiger partial charge in [0.25, 0.3) is 0 Å². The van der Waals surface area contributed by atoms with Crippen LogP contribution in [0.2, 0.25) is 0 Å². The second kappa shape index (κ2) is 5.25. The molecule has 0 aliphatic rings. The summed E-state index contributed by atoms with van der Waals surface area (Å²) < 4.78 is 0. The van der Waals surface area contributed by atoms with Crippen molar-refractivity contribution in [3.63, 3.8) is 0 Å². The number of anilines is 1. The van der Waals surface area contributed by atoms with Gasteiger partial charge in [-0.3, -0.25) is 0 Å². The third kappa shape index (κ3) is 2.81.